The van der Waals surface area contributed by atoms with E-state index in [1.165, 1.54) is 5.69 Å². The Kier molecular flexibility index (Phi) is 4.87. The molecule has 120 valence electrons. The number of piperazine rings is 1. The number of ether oxygens (including phenoxy) is 1. The molecule has 1 aliphatic heterocycles. The molecular weight excluding hydrogens is 282 g/mol. The van der Waals surface area contributed by atoms with E-state index < -0.39 is 0 Å². The average molecular weight is 305 g/mol. The molecule has 3 heterocycles. The van der Waals surface area contributed by atoms with Crippen LogP contribution >= 0.6 is 0 Å². The fourth-order valence-corrected chi connectivity index (χ4v) is 2.73. The third-order valence-corrected chi connectivity index (χ3v) is 4.04. The van der Waals surface area contributed by atoms with Crippen molar-refractivity contribution in [1.29, 1.82) is 0 Å². The molecule has 2 aromatic heterocycles. The van der Waals surface area contributed by atoms with Gasteiger partial charge in [0.2, 0.25) is 5.89 Å². The van der Waals surface area contributed by atoms with Gasteiger partial charge in [-0.2, -0.15) is 4.98 Å². The molecule has 7 heteroatoms. The highest BCUT2D eigenvalue weighted by molar-refractivity contribution is 5.06. The highest BCUT2D eigenvalue weighted by Gasteiger charge is 2.19. The molecule has 1 aliphatic rings. The Morgan fingerprint density at radius 1 is 1.18 bits per heavy atom. The van der Waals surface area contributed by atoms with Crippen LogP contribution in [0.1, 0.15) is 17.4 Å². The largest absolute Gasteiger partial charge is 0.377 e. The quantitative estimate of drug-likeness (QED) is 0.789. The monoisotopic (exact) mass is 305 g/mol. The fourth-order valence-electron chi connectivity index (χ4n) is 2.73. The van der Waals surface area contributed by atoms with Crippen LogP contribution in [-0.2, 0) is 31.5 Å². The van der Waals surface area contributed by atoms with E-state index in [1.54, 1.807) is 7.11 Å². The Morgan fingerprint density at radius 3 is 2.55 bits per heavy atom. The lowest BCUT2D eigenvalue weighted by Gasteiger charge is -2.33. The molecule has 0 saturated carbocycles. The van der Waals surface area contributed by atoms with Crippen molar-refractivity contribution in [2.24, 2.45) is 7.05 Å². The molecule has 0 aromatic carbocycles. The van der Waals surface area contributed by atoms with Crippen molar-refractivity contribution < 1.29 is 9.26 Å². The zero-order chi connectivity index (χ0) is 15.4. The molecule has 1 saturated heterocycles. The topological polar surface area (TPSA) is 59.6 Å². The van der Waals surface area contributed by atoms with E-state index in [1.807, 2.05) is 0 Å². The van der Waals surface area contributed by atoms with Gasteiger partial charge in [0.1, 0.15) is 6.61 Å². The van der Waals surface area contributed by atoms with Crippen molar-refractivity contribution in [3.63, 3.8) is 0 Å². The summed E-state index contributed by atoms with van der Waals surface area (Å²) < 4.78 is 12.4. The molecule has 0 radical (unpaired) electrons. The third kappa shape index (κ3) is 3.73. The first-order valence-electron chi connectivity index (χ1n) is 7.60. The molecule has 0 unspecified atom stereocenters. The summed E-state index contributed by atoms with van der Waals surface area (Å²) in [5.74, 6) is 1.28. The van der Waals surface area contributed by atoms with E-state index in [0.717, 1.165) is 32.7 Å². The zero-order valence-corrected chi connectivity index (χ0v) is 13.2. The van der Waals surface area contributed by atoms with Crippen molar-refractivity contribution in [2.45, 2.75) is 19.7 Å². The molecule has 0 spiro atoms. The van der Waals surface area contributed by atoms with E-state index >= 15 is 0 Å². The van der Waals surface area contributed by atoms with Crippen molar-refractivity contribution in [3.8, 4) is 0 Å². The number of rotatable bonds is 6. The van der Waals surface area contributed by atoms with Crippen LogP contribution in [0.5, 0.6) is 0 Å². The van der Waals surface area contributed by atoms with Gasteiger partial charge in [0, 0.05) is 58.8 Å². The Labute approximate surface area is 130 Å². The second kappa shape index (κ2) is 7.04. The molecular formula is C15H23N5O2. The van der Waals surface area contributed by atoms with E-state index in [-0.39, 0.29) is 0 Å². The van der Waals surface area contributed by atoms with Gasteiger partial charge in [-0.25, -0.2) is 0 Å². The lowest BCUT2D eigenvalue weighted by molar-refractivity contribution is 0.110. The maximum absolute atomic E-state index is 5.25. The van der Waals surface area contributed by atoms with E-state index in [0.29, 0.717) is 24.9 Å². The molecule has 0 amide bonds. The summed E-state index contributed by atoms with van der Waals surface area (Å²) in [5.41, 5.74) is 1.36. The first kappa shape index (κ1) is 15.2. The molecule has 7 nitrogen and oxygen atoms in total. The van der Waals surface area contributed by atoms with Gasteiger partial charge in [-0.3, -0.25) is 9.80 Å². The summed E-state index contributed by atoms with van der Waals surface area (Å²) >= 11 is 0. The van der Waals surface area contributed by atoms with Crippen LogP contribution in [0.25, 0.3) is 0 Å². The number of methoxy groups -OCH3 is 1. The predicted octanol–water partition coefficient (Wildman–Crippen LogP) is 0.872. The molecule has 1 fully saturated rings. The van der Waals surface area contributed by atoms with Crippen molar-refractivity contribution in [1.82, 2.24) is 24.5 Å². The van der Waals surface area contributed by atoms with Gasteiger partial charge < -0.3 is 13.8 Å². The van der Waals surface area contributed by atoms with E-state index in [2.05, 4.69) is 49.9 Å². The summed E-state index contributed by atoms with van der Waals surface area (Å²) in [4.78, 5) is 9.16. The van der Waals surface area contributed by atoms with Crippen LogP contribution in [-0.4, -0.2) is 57.8 Å². The number of hydrogen-bond donors (Lipinski definition) is 0. The van der Waals surface area contributed by atoms with Crippen LogP contribution in [0.15, 0.2) is 22.9 Å². The third-order valence-electron chi connectivity index (χ3n) is 4.04. The summed E-state index contributed by atoms with van der Waals surface area (Å²) in [6, 6.07) is 4.28. The minimum atomic E-state index is 0.397. The van der Waals surface area contributed by atoms with Gasteiger partial charge in [-0.15, -0.1) is 0 Å². The van der Waals surface area contributed by atoms with E-state index in [9.17, 15) is 0 Å². The van der Waals surface area contributed by atoms with E-state index in [4.69, 9.17) is 9.26 Å². The van der Waals surface area contributed by atoms with Crippen LogP contribution < -0.4 is 0 Å². The highest BCUT2D eigenvalue weighted by Crippen LogP contribution is 2.11. The highest BCUT2D eigenvalue weighted by atomic mass is 16.5. The van der Waals surface area contributed by atoms with Crippen molar-refractivity contribution in [3.05, 3.63) is 35.7 Å². The molecule has 0 N–H and O–H groups in total. The van der Waals surface area contributed by atoms with Gasteiger partial charge in [-0.05, 0) is 12.1 Å². The average Bonchev–Trinajstić information content (AvgIpc) is 3.12. The summed E-state index contributed by atoms with van der Waals surface area (Å²) in [6.07, 6.45) is 2.10. The van der Waals surface area contributed by atoms with Crippen molar-refractivity contribution in [2.75, 3.05) is 33.3 Å². The molecule has 0 bridgehead atoms. The lowest BCUT2D eigenvalue weighted by Crippen LogP contribution is -2.45. The van der Waals surface area contributed by atoms with Gasteiger partial charge in [0.15, 0.2) is 5.82 Å². The van der Waals surface area contributed by atoms with Crippen LogP contribution in [0, 0.1) is 0 Å². The van der Waals surface area contributed by atoms with Crippen LogP contribution in [0.2, 0.25) is 0 Å². The maximum Gasteiger partial charge on any atom is 0.240 e. The Hall–Kier alpha value is -1.70. The second-order valence-electron chi connectivity index (χ2n) is 5.70. The van der Waals surface area contributed by atoms with Crippen molar-refractivity contribution >= 4 is 0 Å². The molecule has 22 heavy (non-hydrogen) atoms. The zero-order valence-electron chi connectivity index (χ0n) is 13.2. The normalized spacial score (nSPS) is 17.2. The fraction of sp³-hybridized carbons (Fsp3) is 0.600. The lowest BCUT2D eigenvalue weighted by atomic mass is 10.3. The smallest absolute Gasteiger partial charge is 0.240 e. The molecule has 0 atom stereocenters. The number of aryl methyl sites for hydroxylation is 1. The van der Waals surface area contributed by atoms with Crippen LogP contribution in [0.3, 0.4) is 0 Å². The Bertz CT molecular complexity index is 586. The van der Waals surface area contributed by atoms with Gasteiger partial charge in [0.25, 0.3) is 0 Å². The van der Waals surface area contributed by atoms with Crippen LogP contribution in [0.4, 0.5) is 0 Å². The van der Waals surface area contributed by atoms with Gasteiger partial charge >= 0.3 is 0 Å². The maximum atomic E-state index is 5.25. The molecule has 2 aromatic rings. The molecule has 3 rings (SSSR count). The second-order valence-corrected chi connectivity index (χ2v) is 5.70. The standard InChI is InChI=1S/C15H23N5O2/c1-18-5-3-4-13(18)10-19-6-8-20(9-7-19)11-15-16-14(12-21-2)17-22-15/h3-5H,6-12H2,1-2H3. The Morgan fingerprint density at radius 2 is 1.91 bits per heavy atom. The SMILES string of the molecule is COCc1noc(CN2CCN(Cc3cccn3C)CC2)n1. The first-order chi connectivity index (χ1) is 10.7. The number of nitrogens with zero attached hydrogens (tertiary/aromatic N) is 5. The summed E-state index contributed by atoms with van der Waals surface area (Å²) in [6.45, 7) is 6.28. The summed E-state index contributed by atoms with van der Waals surface area (Å²) in [5, 5.41) is 3.90. The first-order valence-corrected chi connectivity index (χ1v) is 7.60. The molecule has 0 aliphatic carbocycles. The minimum absolute atomic E-state index is 0.397. The predicted molar refractivity (Wildman–Crippen MR) is 81.0 cm³/mol. The van der Waals surface area contributed by atoms with Gasteiger partial charge in [0.05, 0.1) is 6.54 Å². The number of hydrogen-bond acceptors (Lipinski definition) is 6. The number of aromatic nitrogens is 3. The summed E-state index contributed by atoms with van der Waals surface area (Å²) in [7, 11) is 3.72. The minimum Gasteiger partial charge on any atom is -0.377 e. The van der Waals surface area contributed by atoms with Gasteiger partial charge in [-0.1, -0.05) is 5.16 Å². The Balaban J connectivity index is 1.46.